The predicted octanol–water partition coefficient (Wildman–Crippen LogP) is 7.74. The molecular weight excluding hydrogens is 548 g/mol. The topological polar surface area (TPSA) is 102 Å². The molecule has 0 aromatic heterocycles. The Morgan fingerprint density at radius 3 is 2.43 bits per heavy atom. The summed E-state index contributed by atoms with van der Waals surface area (Å²) in [5, 5.41) is 13.6. The number of unbranched alkanes of at least 4 members (excludes halogenated alkanes) is 1. The zero-order chi connectivity index (χ0) is 31.5. The second kappa shape index (κ2) is 13.8. The molecule has 4 saturated carbocycles. The Balaban J connectivity index is 1.36. The van der Waals surface area contributed by atoms with Gasteiger partial charge in [0.2, 0.25) is 0 Å². The fourth-order valence-electron chi connectivity index (χ4n) is 11.2. The average Bonchev–Trinajstić information content (AvgIpc) is 3.37. The maximum Gasteiger partial charge on any atom is 0.326 e. The van der Waals surface area contributed by atoms with E-state index in [0.717, 1.165) is 54.9 Å². The van der Waals surface area contributed by atoms with E-state index < -0.39 is 17.6 Å². The first-order chi connectivity index (χ1) is 21.1. The first-order valence-corrected chi connectivity index (χ1v) is 18.0. The zero-order valence-electron chi connectivity index (χ0n) is 28.0. The average molecular weight is 609 g/mol. The summed E-state index contributed by atoms with van der Waals surface area (Å²) < 4.78 is 6.01. The van der Waals surface area contributed by atoms with Gasteiger partial charge >= 0.3 is 11.9 Å². The van der Waals surface area contributed by atoms with Crippen molar-refractivity contribution in [2.75, 3.05) is 6.54 Å². The second-order valence-electron chi connectivity index (χ2n) is 15.8. The second-order valence-corrected chi connectivity index (χ2v) is 15.8. The van der Waals surface area contributed by atoms with Gasteiger partial charge in [-0.15, -0.1) is 0 Å². The van der Waals surface area contributed by atoms with Crippen LogP contribution in [0.3, 0.4) is 0 Å². The van der Waals surface area contributed by atoms with Crippen molar-refractivity contribution in [2.24, 2.45) is 52.1 Å². The summed E-state index contributed by atoms with van der Waals surface area (Å²) in [6, 6.07) is 9.00. The number of esters is 1. The van der Waals surface area contributed by atoms with E-state index in [-0.39, 0.29) is 18.0 Å². The summed E-state index contributed by atoms with van der Waals surface area (Å²) in [5.41, 5.74) is 6.34. The van der Waals surface area contributed by atoms with Crippen molar-refractivity contribution >= 4 is 11.9 Å². The number of aliphatic carboxylic acids is 1. The van der Waals surface area contributed by atoms with Crippen LogP contribution in [-0.4, -0.2) is 35.2 Å². The molecule has 1 aromatic carbocycles. The fraction of sp³-hybridized carbons (Fsp3) is 0.789. The van der Waals surface area contributed by atoms with E-state index in [1.54, 1.807) is 0 Å². The molecule has 0 saturated heterocycles. The van der Waals surface area contributed by atoms with Crippen LogP contribution in [0.4, 0.5) is 0 Å². The fourth-order valence-corrected chi connectivity index (χ4v) is 11.2. The molecule has 246 valence electrons. The third-order valence-electron chi connectivity index (χ3n) is 13.6. The Morgan fingerprint density at radius 2 is 1.73 bits per heavy atom. The molecule has 10 atom stereocenters. The number of hydrogen-bond acceptors (Lipinski definition) is 5. The van der Waals surface area contributed by atoms with Gasteiger partial charge in [-0.1, -0.05) is 77.3 Å². The van der Waals surface area contributed by atoms with Gasteiger partial charge in [-0.2, -0.15) is 0 Å². The lowest BCUT2D eigenvalue weighted by molar-refractivity contribution is -0.167. The Hall–Kier alpha value is -1.92. The number of nitrogens with two attached hydrogens (primary N) is 1. The highest BCUT2D eigenvalue weighted by atomic mass is 16.5. The van der Waals surface area contributed by atoms with Crippen molar-refractivity contribution in [1.82, 2.24) is 5.32 Å². The Kier molecular flexibility index (Phi) is 10.5. The van der Waals surface area contributed by atoms with Crippen LogP contribution >= 0.6 is 0 Å². The van der Waals surface area contributed by atoms with Crippen molar-refractivity contribution in [2.45, 2.75) is 136 Å². The quantitative estimate of drug-likeness (QED) is 0.156. The number of carboxylic acid groups (broad SMARTS) is 1. The van der Waals surface area contributed by atoms with Crippen LogP contribution in [0.5, 0.6) is 0 Å². The standard InChI is InChI=1S/C38H60N2O4/c1-5-11-26(2)30-17-18-31-29-16-15-28-24-38(40-33(34(41)42)14-9-10-23-39,35(43)44-25-27-12-7-6-8-13-27)22-21-36(28,3)32(29)19-20-37(30,31)4/h6-8,12-13,26,28-33,40H,5,9-11,14-25,39H2,1-4H3,(H,41,42)/t26-,28?,29?,30-,31?,32?,33+,36+,37-,38?/m1/s1. The maximum absolute atomic E-state index is 14.1. The molecule has 0 heterocycles. The van der Waals surface area contributed by atoms with Crippen LogP contribution in [0.1, 0.15) is 123 Å². The van der Waals surface area contributed by atoms with Gasteiger partial charge in [0.25, 0.3) is 0 Å². The van der Waals surface area contributed by atoms with Crippen molar-refractivity contribution < 1.29 is 19.4 Å². The summed E-state index contributed by atoms with van der Waals surface area (Å²) in [6.07, 6.45) is 14.6. The Bertz CT molecular complexity index is 1130. The largest absolute Gasteiger partial charge is 0.480 e. The molecule has 6 heteroatoms. The number of benzene rings is 1. The van der Waals surface area contributed by atoms with Gasteiger partial charge in [-0.25, -0.2) is 0 Å². The highest BCUT2D eigenvalue weighted by molar-refractivity contribution is 5.83. The summed E-state index contributed by atoms with van der Waals surface area (Å²) in [6.45, 7) is 10.8. The number of carbonyl (C=O) groups is 2. The molecule has 4 aliphatic rings. The van der Waals surface area contributed by atoms with E-state index in [2.05, 4.69) is 33.0 Å². The molecule has 44 heavy (non-hydrogen) atoms. The van der Waals surface area contributed by atoms with Crippen LogP contribution in [0.25, 0.3) is 0 Å². The summed E-state index contributed by atoms with van der Waals surface area (Å²) in [5.74, 6) is 3.17. The smallest absolute Gasteiger partial charge is 0.326 e. The predicted molar refractivity (Wildman–Crippen MR) is 176 cm³/mol. The third-order valence-corrected chi connectivity index (χ3v) is 13.6. The van der Waals surface area contributed by atoms with E-state index in [1.165, 1.54) is 44.9 Å². The third kappa shape index (κ3) is 6.36. The van der Waals surface area contributed by atoms with Crippen molar-refractivity contribution in [3.05, 3.63) is 35.9 Å². The van der Waals surface area contributed by atoms with Crippen molar-refractivity contribution in [3.63, 3.8) is 0 Å². The molecular formula is C38H60N2O4. The lowest BCUT2D eigenvalue weighted by Gasteiger charge is -2.62. The SMILES string of the molecule is CCC[C@@H](C)[C@H]1CCC2C3CCC4CC(N[C@@H](CCCCN)C(=O)O)(C(=O)OCc5ccccc5)CC[C@]4(C)C3CC[C@@]21C. The van der Waals surface area contributed by atoms with Crippen molar-refractivity contribution in [1.29, 1.82) is 0 Å². The highest BCUT2D eigenvalue weighted by Gasteiger charge is 2.63. The number of nitrogens with one attached hydrogen (secondary N) is 1. The van der Waals surface area contributed by atoms with E-state index in [1.807, 2.05) is 30.3 Å². The van der Waals surface area contributed by atoms with Crippen LogP contribution < -0.4 is 11.1 Å². The molecule has 5 rings (SSSR count). The van der Waals surface area contributed by atoms with Gasteiger partial charge in [0.1, 0.15) is 18.2 Å². The van der Waals surface area contributed by atoms with Crippen molar-refractivity contribution in [3.8, 4) is 0 Å². The lowest BCUT2D eigenvalue weighted by atomic mass is 9.43. The van der Waals surface area contributed by atoms with Gasteiger partial charge in [-0.3, -0.25) is 14.9 Å². The molecule has 1 aromatic rings. The molecule has 6 nitrogen and oxygen atoms in total. The Morgan fingerprint density at radius 1 is 0.977 bits per heavy atom. The molecule has 0 radical (unpaired) electrons. The maximum atomic E-state index is 14.1. The van der Waals surface area contributed by atoms with E-state index in [0.29, 0.717) is 43.1 Å². The summed E-state index contributed by atoms with van der Waals surface area (Å²) in [4.78, 5) is 26.5. The molecule has 5 unspecified atom stereocenters. The van der Waals surface area contributed by atoms with Gasteiger partial charge in [-0.05, 0) is 129 Å². The minimum atomic E-state index is -0.977. The van der Waals surface area contributed by atoms with Crippen LogP contribution in [0, 0.1) is 46.3 Å². The normalized spacial score (nSPS) is 37.7. The first kappa shape index (κ1) is 33.4. The van der Waals surface area contributed by atoms with E-state index in [4.69, 9.17) is 10.5 Å². The van der Waals surface area contributed by atoms with Gasteiger partial charge in [0.05, 0.1) is 0 Å². The van der Waals surface area contributed by atoms with Gasteiger partial charge in [0.15, 0.2) is 0 Å². The molecule has 4 aliphatic carbocycles. The summed E-state index contributed by atoms with van der Waals surface area (Å²) in [7, 11) is 0. The number of ether oxygens (including phenoxy) is 1. The van der Waals surface area contributed by atoms with Crippen LogP contribution in [0.15, 0.2) is 30.3 Å². The van der Waals surface area contributed by atoms with Gasteiger partial charge < -0.3 is 15.6 Å². The Labute approximate surface area is 266 Å². The molecule has 0 aliphatic heterocycles. The summed E-state index contributed by atoms with van der Waals surface area (Å²) >= 11 is 0. The molecule has 4 N–H and O–H groups in total. The monoisotopic (exact) mass is 608 g/mol. The van der Waals surface area contributed by atoms with Crippen LogP contribution in [-0.2, 0) is 20.9 Å². The zero-order valence-corrected chi connectivity index (χ0v) is 28.0. The van der Waals surface area contributed by atoms with E-state index in [9.17, 15) is 14.7 Å². The minimum absolute atomic E-state index is 0.181. The number of fused-ring (bicyclic) bond motifs is 5. The van der Waals surface area contributed by atoms with E-state index >= 15 is 0 Å². The minimum Gasteiger partial charge on any atom is -0.480 e. The first-order valence-electron chi connectivity index (χ1n) is 18.0. The van der Waals surface area contributed by atoms with Crippen LogP contribution in [0.2, 0.25) is 0 Å². The van der Waals surface area contributed by atoms with Gasteiger partial charge in [0, 0.05) is 0 Å². The number of carbonyl (C=O) groups excluding carboxylic acids is 1. The molecule has 0 spiro atoms. The molecule has 4 fully saturated rings. The number of carboxylic acids is 1. The highest BCUT2D eigenvalue weighted by Crippen LogP contribution is 2.69. The molecule has 0 amide bonds. The number of rotatable bonds is 13. The number of hydrogen-bond donors (Lipinski definition) is 3. The lowest BCUT2D eigenvalue weighted by Crippen LogP contribution is -2.64. The molecule has 0 bridgehead atoms.